The second-order valence-electron chi connectivity index (χ2n) is 3.43. The number of rotatable bonds is 5. The summed E-state index contributed by atoms with van der Waals surface area (Å²) in [6.07, 6.45) is 0.247. The van der Waals surface area contributed by atoms with Gasteiger partial charge in [0.05, 0.1) is 13.2 Å². The second kappa shape index (κ2) is 5.91. The van der Waals surface area contributed by atoms with Gasteiger partial charge in [0.15, 0.2) is 11.7 Å². The SMILES string of the molecule is COC(=O)C(C=O)C(=O)C(N)c1ccccc1. The number of hydrogen-bond acceptors (Lipinski definition) is 5. The van der Waals surface area contributed by atoms with Gasteiger partial charge in [0.25, 0.3) is 0 Å². The number of nitrogens with two attached hydrogens (primary N) is 1. The Kier molecular flexibility index (Phi) is 4.54. The molecule has 0 radical (unpaired) electrons. The summed E-state index contributed by atoms with van der Waals surface area (Å²) < 4.78 is 4.36. The highest BCUT2D eigenvalue weighted by atomic mass is 16.5. The third-order valence-electron chi connectivity index (χ3n) is 2.36. The highest BCUT2D eigenvalue weighted by molar-refractivity contribution is 6.12. The van der Waals surface area contributed by atoms with E-state index in [9.17, 15) is 14.4 Å². The van der Waals surface area contributed by atoms with Crippen molar-refractivity contribution >= 4 is 18.0 Å². The Labute approximate surface area is 98.6 Å². The van der Waals surface area contributed by atoms with Crippen LogP contribution in [0.25, 0.3) is 0 Å². The number of carbonyl (C=O) groups is 3. The minimum Gasteiger partial charge on any atom is -0.468 e. The van der Waals surface area contributed by atoms with Crippen LogP contribution in [0.3, 0.4) is 0 Å². The van der Waals surface area contributed by atoms with Gasteiger partial charge < -0.3 is 15.3 Å². The molecule has 0 heterocycles. The van der Waals surface area contributed by atoms with Crippen molar-refractivity contribution in [3.8, 4) is 0 Å². The summed E-state index contributed by atoms with van der Waals surface area (Å²) in [5.41, 5.74) is 6.24. The molecule has 1 aromatic rings. The molecule has 2 N–H and O–H groups in total. The summed E-state index contributed by atoms with van der Waals surface area (Å²) in [6.45, 7) is 0. The average molecular weight is 235 g/mol. The highest BCUT2D eigenvalue weighted by Crippen LogP contribution is 2.15. The Morgan fingerprint density at radius 2 is 1.88 bits per heavy atom. The van der Waals surface area contributed by atoms with Crippen molar-refractivity contribution in [3.05, 3.63) is 35.9 Å². The lowest BCUT2D eigenvalue weighted by molar-refractivity contribution is -0.150. The van der Waals surface area contributed by atoms with Crippen molar-refractivity contribution in [2.24, 2.45) is 11.7 Å². The van der Waals surface area contributed by atoms with E-state index in [1.54, 1.807) is 30.3 Å². The summed E-state index contributed by atoms with van der Waals surface area (Å²) in [6, 6.07) is 7.51. The zero-order chi connectivity index (χ0) is 12.8. The number of carbonyl (C=O) groups excluding carboxylic acids is 3. The van der Waals surface area contributed by atoms with Gasteiger partial charge in [0.1, 0.15) is 6.29 Å². The van der Waals surface area contributed by atoms with Crippen LogP contribution in [0.4, 0.5) is 0 Å². The Morgan fingerprint density at radius 1 is 1.29 bits per heavy atom. The normalized spacial score (nSPS) is 13.5. The van der Waals surface area contributed by atoms with Crippen LogP contribution in [-0.2, 0) is 19.1 Å². The molecule has 2 atom stereocenters. The van der Waals surface area contributed by atoms with Gasteiger partial charge in [-0.25, -0.2) is 0 Å². The molecule has 17 heavy (non-hydrogen) atoms. The van der Waals surface area contributed by atoms with Crippen molar-refractivity contribution in [3.63, 3.8) is 0 Å². The second-order valence-corrected chi connectivity index (χ2v) is 3.43. The first-order chi connectivity index (χ1) is 8.11. The minimum atomic E-state index is -1.46. The molecule has 0 fully saturated rings. The molecule has 0 spiro atoms. The van der Waals surface area contributed by atoms with E-state index in [2.05, 4.69) is 4.74 Å². The number of methoxy groups -OCH3 is 1. The van der Waals surface area contributed by atoms with Crippen molar-refractivity contribution in [1.29, 1.82) is 0 Å². The summed E-state index contributed by atoms with van der Waals surface area (Å²) in [4.78, 5) is 33.7. The fourth-order valence-corrected chi connectivity index (χ4v) is 1.38. The number of ketones is 1. The van der Waals surface area contributed by atoms with Gasteiger partial charge in [-0.1, -0.05) is 30.3 Å². The van der Waals surface area contributed by atoms with Crippen molar-refractivity contribution in [2.75, 3.05) is 7.11 Å². The fourth-order valence-electron chi connectivity index (χ4n) is 1.38. The highest BCUT2D eigenvalue weighted by Gasteiger charge is 2.31. The van der Waals surface area contributed by atoms with Crippen LogP contribution in [0.15, 0.2) is 30.3 Å². The molecule has 90 valence electrons. The van der Waals surface area contributed by atoms with E-state index >= 15 is 0 Å². The lowest BCUT2D eigenvalue weighted by Gasteiger charge is -2.13. The van der Waals surface area contributed by atoms with Gasteiger partial charge in [0.2, 0.25) is 0 Å². The molecule has 0 aliphatic rings. The maximum atomic E-state index is 11.8. The average Bonchev–Trinajstić information content (AvgIpc) is 2.39. The van der Waals surface area contributed by atoms with Crippen LogP contribution in [0.5, 0.6) is 0 Å². The van der Waals surface area contributed by atoms with Gasteiger partial charge in [-0.05, 0) is 5.56 Å². The molecule has 2 unspecified atom stereocenters. The van der Waals surface area contributed by atoms with Crippen LogP contribution in [-0.4, -0.2) is 25.1 Å². The van der Waals surface area contributed by atoms with Crippen LogP contribution >= 0.6 is 0 Å². The van der Waals surface area contributed by atoms with Crippen LogP contribution in [0.2, 0.25) is 0 Å². The molecular weight excluding hydrogens is 222 g/mol. The predicted molar refractivity (Wildman–Crippen MR) is 59.9 cm³/mol. The van der Waals surface area contributed by atoms with E-state index < -0.39 is 23.7 Å². The smallest absolute Gasteiger partial charge is 0.323 e. The Morgan fingerprint density at radius 3 is 2.35 bits per heavy atom. The number of esters is 1. The van der Waals surface area contributed by atoms with Crippen LogP contribution in [0.1, 0.15) is 11.6 Å². The summed E-state index contributed by atoms with van der Waals surface area (Å²) in [5, 5.41) is 0. The van der Waals surface area contributed by atoms with Gasteiger partial charge in [0, 0.05) is 0 Å². The molecule has 0 bridgehead atoms. The van der Waals surface area contributed by atoms with Crippen molar-refractivity contribution < 1.29 is 19.1 Å². The maximum Gasteiger partial charge on any atom is 0.323 e. The first-order valence-electron chi connectivity index (χ1n) is 4.99. The zero-order valence-electron chi connectivity index (χ0n) is 9.33. The van der Waals surface area contributed by atoms with E-state index in [0.29, 0.717) is 5.56 Å². The number of hydrogen-bond donors (Lipinski definition) is 1. The molecule has 0 aromatic heterocycles. The van der Waals surface area contributed by atoms with E-state index in [1.165, 1.54) is 0 Å². The van der Waals surface area contributed by atoms with Crippen molar-refractivity contribution in [1.82, 2.24) is 0 Å². The van der Waals surface area contributed by atoms with E-state index in [1.807, 2.05) is 0 Å². The molecule has 0 saturated heterocycles. The quantitative estimate of drug-likeness (QED) is 0.449. The third-order valence-corrected chi connectivity index (χ3v) is 2.36. The van der Waals surface area contributed by atoms with Crippen LogP contribution in [0, 0.1) is 5.92 Å². The van der Waals surface area contributed by atoms with Gasteiger partial charge in [-0.2, -0.15) is 0 Å². The molecular formula is C12H13NO4. The van der Waals surface area contributed by atoms with E-state index in [4.69, 9.17) is 5.73 Å². The molecule has 1 aromatic carbocycles. The largest absolute Gasteiger partial charge is 0.468 e. The maximum absolute atomic E-state index is 11.8. The summed E-state index contributed by atoms with van der Waals surface area (Å²) in [5.74, 6) is -3.02. The minimum absolute atomic E-state index is 0.247. The fraction of sp³-hybridized carbons (Fsp3) is 0.250. The molecule has 5 nitrogen and oxygen atoms in total. The molecule has 1 rings (SSSR count). The molecule has 0 aliphatic heterocycles. The third kappa shape index (κ3) is 2.98. The van der Waals surface area contributed by atoms with Gasteiger partial charge >= 0.3 is 5.97 Å². The number of Topliss-reactive ketones (excluding diaryl/α,β-unsaturated/α-hetero) is 1. The summed E-state index contributed by atoms with van der Waals surface area (Å²) >= 11 is 0. The standard InChI is InChI=1S/C12H13NO4/c1-17-12(16)9(7-14)11(15)10(13)8-5-3-2-4-6-8/h2-7,9-10H,13H2,1H3. The monoisotopic (exact) mass is 235 g/mol. The Bertz CT molecular complexity index is 416. The Balaban J connectivity index is 2.89. The lowest BCUT2D eigenvalue weighted by Crippen LogP contribution is -2.34. The first-order valence-corrected chi connectivity index (χ1v) is 4.99. The van der Waals surface area contributed by atoms with Crippen molar-refractivity contribution in [2.45, 2.75) is 6.04 Å². The van der Waals surface area contributed by atoms with E-state index in [0.717, 1.165) is 7.11 Å². The number of ether oxygens (including phenoxy) is 1. The number of aldehydes is 1. The molecule has 0 amide bonds. The van der Waals surface area contributed by atoms with Crippen LogP contribution < -0.4 is 5.73 Å². The molecule has 0 aliphatic carbocycles. The number of benzene rings is 1. The van der Waals surface area contributed by atoms with Gasteiger partial charge in [-0.3, -0.25) is 9.59 Å². The first kappa shape index (κ1) is 13.1. The summed E-state index contributed by atoms with van der Waals surface area (Å²) in [7, 11) is 1.11. The topological polar surface area (TPSA) is 86.5 Å². The molecule has 5 heteroatoms. The van der Waals surface area contributed by atoms with Gasteiger partial charge in [-0.15, -0.1) is 0 Å². The lowest BCUT2D eigenvalue weighted by atomic mass is 9.95. The zero-order valence-corrected chi connectivity index (χ0v) is 9.33. The Hall–Kier alpha value is -2.01. The molecule has 0 saturated carbocycles. The van der Waals surface area contributed by atoms with E-state index in [-0.39, 0.29) is 6.29 Å². The predicted octanol–water partition coefficient (Wildman–Crippen LogP) is 0.244.